The SMILES string of the molecule is CN(Cc1ccc(Cl)c(Cl)c1)C(=O)CN1CCC[C@@H](C(=O)Nc2ccccc2)C1. The van der Waals surface area contributed by atoms with E-state index < -0.39 is 0 Å². The summed E-state index contributed by atoms with van der Waals surface area (Å²) in [6.45, 7) is 2.17. The summed E-state index contributed by atoms with van der Waals surface area (Å²) in [4.78, 5) is 29.0. The Labute approximate surface area is 181 Å². The molecule has 0 radical (unpaired) electrons. The first-order valence-corrected chi connectivity index (χ1v) is 10.4. The molecule has 1 N–H and O–H groups in total. The zero-order valence-corrected chi connectivity index (χ0v) is 17.9. The molecule has 2 amide bonds. The fourth-order valence-electron chi connectivity index (χ4n) is 3.49. The summed E-state index contributed by atoms with van der Waals surface area (Å²) in [5.41, 5.74) is 1.72. The van der Waals surface area contributed by atoms with Gasteiger partial charge in [0.15, 0.2) is 0 Å². The fourth-order valence-corrected chi connectivity index (χ4v) is 3.81. The van der Waals surface area contributed by atoms with Gasteiger partial charge in [-0.2, -0.15) is 0 Å². The Morgan fingerprint density at radius 2 is 1.90 bits per heavy atom. The number of benzene rings is 2. The normalized spacial score (nSPS) is 17.0. The number of amides is 2. The van der Waals surface area contributed by atoms with Gasteiger partial charge in [0, 0.05) is 25.8 Å². The van der Waals surface area contributed by atoms with E-state index in [1.807, 2.05) is 36.4 Å². The number of hydrogen-bond donors (Lipinski definition) is 1. The summed E-state index contributed by atoms with van der Waals surface area (Å²) in [6.07, 6.45) is 1.74. The van der Waals surface area contributed by atoms with Crippen LogP contribution in [0, 0.1) is 5.92 Å². The molecule has 2 aromatic carbocycles. The Hall–Kier alpha value is -2.08. The number of rotatable bonds is 6. The summed E-state index contributed by atoms with van der Waals surface area (Å²) >= 11 is 12.0. The molecular formula is C22H25Cl2N3O2. The van der Waals surface area contributed by atoms with Crippen LogP contribution in [0.3, 0.4) is 0 Å². The van der Waals surface area contributed by atoms with Gasteiger partial charge in [-0.1, -0.05) is 47.5 Å². The van der Waals surface area contributed by atoms with E-state index >= 15 is 0 Å². The van der Waals surface area contributed by atoms with Crippen molar-refractivity contribution in [3.05, 3.63) is 64.1 Å². The number of likely N-dealkylation sites (tertiary alicyclic amines) is 1. The van der Waals surface area contributed by atoms with Crippen molar-refractivity contribution >= 4 is 40.7 Å². The van der Waals surface area contributed by atoms with Gasteiger partial charge >= 0.3 is 0 Å². The third kappa shape index (κ3) is 6.20. The van der Waals surface area contributed by atoms with Crippen molar-refractivity contribution in [1.82, 2.24) is 9.80 Å². The van der Waals surface area contributed by atoms with Crippen LogP contribution in [0.2, 0.25) is 10.0 Å². The molecule has 29 heavy (non-hydrogen) atoms. The lowest BCUT2D eigenvalue weighted by molar-refractivity contribution is -0.133. The third-order valence-corrected chi connectivity index (χ3v) is 5.85. The molecule has 1 atom stereocenters. The molecule has 1 aliphatic rings. The van der Waals surface area contributed by atoms with E-state index in [2.05, 4.69) is 10.2 Å². The van der Waals surface area contributed by atoms with E-state index in [1.165, 1.54) is 0 Å². The van der Waals surface area contributed by atoms with Gasteiger partial charge in [-0.15, -0.1) is 0 Å². The molecule has 0 aliphatic carbocycles. The quantitative estimate of drug-likeness (QED) is 0.738. The lowest BCUT2D eigenvalue weighted by atomic mass is 9.97. The Bertz CT molecular complexity index is 860. The Kier molecular flexibility index (Phi) is 7.53. The zero-order chi connectivity index (χ0) is 20.8. The van der Waals surface area contributed by atoms with Crippen molar-refractivity contribution in [2.75, 3.05) is 32.0 Å². The summed E-state index contributed by atoms with van der Waals surface area (Å²) < 4.78 is 0. The topological polar surface area (TPSA) is 52.7 Å². The van der Waals surface area contributed by atoms with Gasteiger partial charge in [0.1, 0.15) is 0 Å². The smallest absolute Gasteiger partial charge is 0.236 e. The number of nitrogens with zero attached hydrogens (tertiary/aromatic N) is 2. The van der Waals surface area contributed by atoms with Crippen LogP contribution in [-0.4, -0.2) is 48.3 Å². The number of hydrogen-bond acceptors (Lipinski definition) is 3. The number of anilines is 1. The highest BCUT2D eigenvalue weighted by atomic mass is 35.5. The molecule has 1 fully saturated rings. The van der Waals surface area contributed by atoms with Crippen molar-refractivity contribution in [2.45, 2.75) is 19.4 Å². The average molecular weight is 434 g/mol. The van der Waals surface area contributed by atoms with Gasteiger partial charge in [0.2, 0.25) is 11.8 Å². The second-order valence-corrected chi connectivity index (χ2v) is 8.24. The minimum atomic E-state index is -0.114. The summed E-state index contributed by atoms with van der Waals surface area (Å²) in [5.74, 6) is -0.0881. The van der Waals surface area contributed by atoms with Crippen molar-refractivity contribution < 1.29 is 9.59 Å². The average Bonchev–Trinajstić information content (AvgIpc) is 2.71. The van der Waals surface area contributed by atoms with Gasteiger partial charge in [-0.05, 0) is 49.2 Å². The number of halogens is 2. The van der Waals surface area contributed by atoms with Crippen LogP contribution in [0.4, 0.5) is 5.69 Å². The predicted octanol–water partition coefficient (Wildman–Crippen LogP) is 4.30. The molecule has 5 nitrogen and oxygen atoms in total. The van der Waals surface area contributed by atoms with Crippen molar-refractivity contribution in [1.29, 1.82) is 0 Å². The molecule has 0 aromatic heterocycles. The Morgan fingerprint density at radius 3 is 2.62 bits per heavy atom. The molecule has 1 heterocycles. The van der Waals surface area contributed by atoms with Gasteiger partial charge in [0.25, 0.3) is 0 Å². The van der Waals surface area contributed by atoms with Gasteiger partial charge < -0.3 is 10.2 Å². The van der Waals surface area contributed by atoms with E-state index in [0.29, 0.717) is 29.7 Å². The minimum Gasteiger partial charge on any atom is -0.340 e. The molecule has 154 valence electrons. The maximum absolute atomic E-state index is 12.7. The number of likely N-dealkylation sites (N-methyl/N-ethyl adjacent to an activating group) is 1. The number of carbonyl (C=O) groups excluding carboxylic acids is 2. The Balaban J connectivity index is 1.51. The molecule has 0 spiro atoms. The van der Waals surface area contributed by atoms with E-state index in [4.69, 9.17) is 23.2 Å². The van der Waals surface area contributed by atoms with E-state index in [-0.39, 0.29) is 17.7 Å². The van der Waals surface area contributed by atoms with Crippen molar-refractivity contribution in [3.8, 4) is 0 Å². The number of piperidine rings is 1. The standard InChI is InChI=1S/C22H25Cl2N3O2/c1-26(13-16-9-10-19(23)20(24)12-16)21(28)15-27-11-5-6-17(14-27)22(29)25-18-7-3-2-4-8-18/h2-4,7-10,12,17H,5-6,11,13-15H2,1H3,(H,25,29)/t17-/m1/s1. The van der Waals surface area contributed by atoms with Crippen molar-refractivity contribution in [3.63, 3.8) is 0 Å². The first-order chi connectivity index (χ1) is 13.9. The zero-order valence-electron chi connectivity index (χ0n) is 16.4. The molecular weight excluding hydrogens is 409 g/mol. The van der Waals surface area contributed by atoms with Crippen LogP contribution in [0.15, 0.2) is 48.5 Å². The third-order valence-electron chi connectivity index (χ3n) is 5.11. The molecule has 1 saturated heterocycles. The van der Waals surface area contributed by atoms with E-state index in [9.17, 15) is 9.59 Å². The maximum atomic E-state index is 12.7. The monoisotopic (exact) mass is 433 g/mol. The second kappa shape index (κ2) is 10.1. The minimum absolute atomic E-state index is 0.0116. The van der Waals surface area contributed by atoms with Gasteiger partial charge in [0.05, 0.1) is 22.5 Å². The summed E-state index contributed by atoms with van der Waals surface area (Å²) in [6, 6.07) is 14.8. The lowest BCUT2D eigenvalue weighted by Gasteiger charge is -2.32. The number of para-hydroxylation sites is 1. The van der Waals surface area contributed by atoms with Crippen LogP contribution >= 0.6 is 23.2 Å². The first kappa shape index (κ1) is 21.6. The van der Waals surface area contributed by atoms with Gasteiger partial charge in [-0.25, -0.2) is 0 Å². The Morgan fingerprint density at radius 1 is 1.14 bits per heavy atom. The molecule has 0 saturated carbocycles. The highest BCUT2D eigenvalue weighted by molar-refractivity contribution is 6.42. The fraction of sp³-hybridized carbons (Fsp3) is 0.364. The molecule has 2 aromatic rings. The molecule has 0 bridgehead atoms. The number of nitrogens with one attached hydrogen (secondary N) is 1. The molecule has 3 rings (SSSR count). The second-order valence-electron chi connectivity index (χ2n) is 7.43. The van der Waals surface area contributed by atoms with Crippen LogP contribution < -0.4 is 5.32 Å². The van der Waals surface area contributed by atoms with Crippen molar-refractivity contribution in [2.24, 2.45) is 5.92 Å². The molecule has 1 aliphatic heterocycles. The van der Waals surface area contributed by atoms with Crippen LogP contribution in [0.25, 0.3) is 0 Å². The largest absolute Gasteiger partial charge is 0.340 e. The molecule has 7 heteroatoms. The maximum Gasteiger partial charge on any atom is 0.236 e. The highest BCUT2D eigenvalue weighted by Gasteiger charge is 2.27. The van der Waals surface area contributed by atoms with E-state index in [0.717, 1.165) is 30.6 Å². The van der Waals surface area contributed by atoms with Crippen LogP contribution in [0.1, 0.15) is 18.4 Å². The molecule has 0 unspecified atom stereocenters. The summed E-state index contributed by atoms with van der Waals surface area (Å²) in [5, 5.41) is 3.94. The first-order valence-electron chi connectivity index (χ1n) is 9.68. The number of carbonyl (C=O) groups is 2. The van der Waals surface area contributed by atoms with Crippen LogP contribution in [-0.2, 0) is 16.1 Å². The van der Waals surface area contributed by atoms with Gasteiger partial charge in [-0.3, -0.25) is 14.5 Å². The van der Waals surface area contributed by atoms with E-state index in [1.54, 1.807) is 24.1 Å². The predicted molar refractivity (Wildman–Crippen MR) is 117 cm³/mol. The van der Waals surface area contributed by atoms with Crippen LogP contribution in [0.5, 0.6) is 0 Å². The highest BCUT2D eigenvalue weighted by Crippen LogP contribution is 2.23. The lowest BCUT2D eigenvalue weighted by Crippen LogP contribution is -2.45. The summed E-state index contributed by atoms with van der Waals surface area (Å²) in [7, 11) is 1.77.